The largest absolute Gasteiger partial charge is 0.396 e. The Balaban J connectivity index is 2.24. The maximum atomic E-state index is 13.1. The third-order valence-corrected chi connectivity index (χ3v) is 2.74. The fourth-order valence-corrected chi connectivity index (χ4v) is 1.90. The molecule has 0 radical (unpaired) electrons. The molecule has 0 aromatic heterocycles. The topological polar surface area (TPSA) is 43.1 Å². The van der Waals surface area contributed by atoms with Crippen molar-refractivity contribution in [1.29, 1.82) is 0 Å². The average molecular weight is 193 g/mol. The molecule has 74 valence electrons. The van der Waals surface area contributed by atoms with E-state index in [4.69, 9.17) is 5.73 Å². The molecule has 0 heterocycles. The van der Waals surface area contributed by atoms with Crippen LogP contribution in [0.5, 0.6) is 0 Å². The first-order chi connectivity index (χ1) is 6.66. The van der Waals surface area contributed by atoms with Crippen molar-refractivity contribution in [2.75, 3.05) is 5.73 Å². The Morgan fingerprint density at radius 1 is 1.43 bits per heavy atom. The van der Waals surface area contributed by atoms with E-state index in [1.165, 1.54) is 6.07 Å². The van der Waals surface area contributed by atoms with E-state index in [1.807, 2.05) is 6.07 Å². The maximum Gasteiger partial charge on any atom is 0.146 e. The molecule has 1 aromatic carbocycles. The van der Waals surface area contributed by atoms with Crippen LogP contribution in [0.4, 0.5) is 10.1 Å². The monoisotopic (exact) mass is 193 g/mol. The third kappa shape index (κ3) is 1.62. The van der Waals surface area contributed by atoms with Gasteiger partial charge < -0.3 is 5.73 Å². The second-order valence-electron chi connectivity index (χ2n) is 3.76. The molecule has 2 rings (SSSR count). The molecule has 1 aromatic rings. The summed E-state index contributed by atoms with van der Waals surface area (Å²) >= 11 is 0. The molecule has 1 aliphatic carbocycles. The van der Waals surface area contributed by atoms with Crippen LogP contribution in [0, 0.1) is 5.82 Å². The Labute approximate surface area is 81.9 Å². The summed E-state index contributed by atoms with van der Waals surface area (Å²) in [6.45, 7) is 0. The van der Waals surface area contributed by atoms with Crippen molar-refractivity contribution in [2.45, 2.75) is 25.2 Å². The van der Waals surface area contributed by atoms with Crippen LogP contribution in [0.15, 0.2) is 18.2 Å². The van der Waals surface area contributed by atoms with Crippen LogP contribution >= 0.6 is 0 Å². The van der Waals surface area contributed by atoms with Crippen LogP contribution in [0.1, 0.15) is 30.7 Å². The van der Waals surface area contributed by atoms with Crippen LogP contribution in [0.3, 0.4) is 0 Å². The van der Waals surface area contributed by atoms with Gasteiger partial charge in [0.05, 0.1) is 5.69 Å². The standard InChI is InChI=1S/C11H12FNO/c12-10-6-8(2-4-11(10)13)7-1-3-9(14)5-7/h2,4,6-7H,1,3,5,13H2. The highest BCUT2D eigenvalue weighted by Gasteiger charge is 2.23. The van der Waals surface area contributed by atoms with Crippen molar-refractivity contribution < 1.29 is 9.18 Å². The van der Waals surface area contributed by atoms with E-state index in [0.717, 1.165) is 12.0 Å². The summed E-state index contributed by atoms with van der Waals surface area (Å²) in [6.07, 6.45) is 2.00. The molecule has 1 fully saturated rings. The van der Waals surface area contributed by atoms with Crippen molar-refractivity contribution >= 4 is 11.5 Å². The Morgan fingerprint density at radius 3 is 2.79 bits per heavy atom. The van der Waals surface area contributed by atoms with Gasteiger partial charge in [0, 0.05) is 12.8 Å². The lowest BCUT2D eigenvalue weighted by atomic mass is 9.97. The Morgan fingerprint density at radius 2 is 2.21 bits per heavy atom. The second-order valence-corrected chi connectivity index (χ2v) is 3.76. The minimum Gasteiger partial charge on any atom is -0.396 e. The lowest BCUT2D eigenvalue weighted by Crippen LogP contribution is -1.97. The first kappa shape index (κ1) is 9.19. The molecule has 1 aliphatic rings. The summed E-state index contributed by atoms with van der Waals surface area (Å²) in [7, 11) is 0. The van der Waals surface area contributed by atoms with Crippen molar-refractivity contribution in [3.63, 3.8) is 0 Å². The lowest BCUT2D eigenvalue weighted by molar-refractivity contribution is -0.117. The summed E-state index contributed by atoms with van der Waals surface area (Å²) in [5, 5.41) is 0. The number of hydrogen-bond donors (Lipinski definition) is 1. The number of rotatable bonds is 1. The van der Waals surface area contributed by atoms with Gasteiger partial charge in [-0.25, -0.2) is 4.39 Å². The van der Waals surface area contributed by atoms with Gasteiger partial charge in [-0.2, -0.15) is 0 Å². The van der Waals surface area contributed by atoms with E-state index in [-0.39, 0.29) is 23.2 Å². The van der Waals surface area contributed by atoms with Gasteiger partial charge in [-0.3, -0.25) is 4.79 Å². The first-order valence-electron chi connectivity index (χ1n) is 4.73. The van der Waals surface area contributed by atoms with Crippen molar-refractivity contribution in [1.82, 2.24) is 0 Å². The zero-order valence-corrected chi connectivity index (χ0v) is 7.79. The van der Waals surface area contributed by atoms with Gasteiger partial charge >= 0.3 is 0 Å². The molecule has 0 spiro atoms. The predicted octanol–water partition coefficient (Wildman–Crippen LogP) is 2.24. The van der Waals surface area contributed by atoms with Crippen LogP contribution in [0.2, 0.25) is 0 Å². The fraction of sp³-hybridized carbons (Fsp3) is 0.364. The van der Waals surface area contributed by atoms with Crippen LogP contribution < -0.4 is 5.73 Å². The quantitative estimate of drug-likeness (QED) is 0.695. The molecule has 1 unspecified atom stereocenters. The molecule has 1 atom stereocenters. The van der Waals surface area contributed by atoms with Gasteiger partial charge in [0.15, 0.2) is 0 Å². The van der Waals surface area contributed by atoms with Gasteiger partial charge in [0.1, 0.15) is 11.6 Å². The van der Waals surface area contributed by atoms with Gasteiger partial charge in [0.2, 0.25) is 0 Å². The number of Topliss-reactive ketones (excluding diaryl/α,β-unsaturated/α-hetero) is 1. The van der Waals surface area contributed by atoms with E-state index in [1.54, 1.807) is 6.07 Å². The van der Waals surface area contributed by atoms with E-state index < -0.39 is 0 Å². The molecular formula is C11H12FNO. The number of hydrogen-bond acceptors (Lipinski definition) is 2. The van der Waals surface area contributed by atoms with Crippen LogP contribution in [0.25, 0.3) is 0 Å². The lowest BCUT2D eigenvalue weighted by Gasteiger charge is -2.08. The van der Waals surface area contributed by atoms with Gasteiger partial charge in [-0.1, -0.05) is 6.07 Å². The number of anilines is 1. The molecule has 1 saturated carbocycles. The summed E-state index contributed by atoms with van der Waals surface area (Å²) in [5.41, 5.74) is 6.43. The van der Waals surface area contributed by atoms with Crippen molar-refractivity contribution in [2.24, 2.45) is 0 Å². The zero-order chi connectivity index (χ0) is 10.1. The predicted molar refractivity (Wildman–Crippen MR) is 52.4 cm³/mol. The highest BCUT2D eigenvalue weighted by Crippen LogP contribution is 2.32. The van der Waals surface area contributed by atoms with Crippen LogP contribution in [-0.2, 0) is 4.79 Å². The molecule has 0 aliphatic heterocycles. The summed E-state index contributed by atoms with van der Waals surface area (Å²) in [6, 6.07) is 4.81. The number of nitrogen functional groups attached to an aromatic ring is 1. The molecule has 0 amide bonds. The van der Waals surface area contributed by atoms with Crippen LogP contribution in [-0.4, -0.2) is 5.78 Å². The molecule has 2 N–H and O–H groups in total. The molecule has 2 nitrogen and oxygen atoms in total. The second kappa shape index (κ2) is 3.40. The summed E-state index contributed by atoms with van der Waals surface area (Å²) in [5.74, 6) is 0.0756. The van der Waals surface area contributed by atoms with E-state index in [0.29, 0.717) is 12.8 Å². The number of halogens is 1. The SMILES string of the molecule is Nc1ccc(C2CCC(=O)C2)cc1F. The molecule has 0 bridgehead atoms. The molecular weight excluding hydrogens is 181 g/mol. The summed E-state index contributed by atoms with van der Waals surface area (Å²) in [4.78, 5) is 11.1. The molecule has 14 heavy (non-hydrogen) atoms. The smallest absolute Gasteiger partial charge is 0.146 e. The van der Waals surface area contributed by atoms with Crippen molar-refractivity contribution in [3.8, 4) is 0 Å². The fourth-order valence-electron chi connectivity index (χ4n) is 1.90. The average Bonchev–Trinajstić information content (AvgIpc) is 2.57. The minimum absolute atomic E-state index is 0.165. The van der Waals surface area contributed by atoms with E-state index >= 15 is 0 Å². The number of carbonyl (C=O) groups excluding carboxylic acids is 1. The van der Waals surface area contributed by atoms with E-state index in [2.05, 4.69) is 0 Å². The first-order valence-corrected chi connectivity index (χ1v) is 4.73. The highest BCUT2D eigenvalue weighted by molar-refractivity contribution is 5.81. The van der Waals surface area contributed by atoms with Gasteiger partial charge in [-0.05, 0) is 30.0 Å². The minimum atomic E-state index is -0.387. The zero-order valence-electron chi connectivity index (χ0n) is 7.79. The number of carbonyl (C=O) groups is 1. The summed E-state index contributed by atoms with van der Waals surface area (Å²) < 4.78 is 13.1. The number of benzene rings is 1. The van der Waals surface area contributed by atoms with Crippen molar-refractivity contribution in [3.05, 3.63) is 29.6 Å². The number of ketones is 1. The molecule has 3 heteroatoms. The maximum absolute atomic E-state index is 13.1. The van der Waals surface area contributed by atoms with Gasteiger partial charge in [0.25, 0.3) is 0 Å². The third-order valence-electron chi connectivity index (χ3n) is 2.74. The van der Waals surface area contributed by atoms with E-state index in [9.17, 15) is 9.18 Å². The Bertz CT molecular complexity index is 376. The number of nitrogens with two attached hydrogens (primary N) is 1. The van der Waals surface area contributed by atoms with Gasteiger partial charge in [-0.15, -0.1) is 0 Å². The normalized spacial score (nSPS) is 21.5. The Hall–Kier alpha value is -1.38. The highest BCUT2D eigenvalue weighted by atomic mass is 19.1. The molecule has 0 saturated heterocycles. The Kier molecular flexibility index (Phi) is 2.23.